The smallest absolute Gasteiger partial charge is 0.291 e. The lowest BCUT2D eigenvalue weighted by molar-refractivity contribution is 0.0694. The zero-order chi connectivity index (χ0) is 17.7. The van der Waals surface area contributed by atoms with Crippen molar-refractivity contribution in [2.24, 2.45) is 0 Å². The summed E-state index contributed by atoms with van der Waals surface area (Å²) in [6.07, 6.45) is 7.69. The molecule has 2 aromatic heterocycles. The van der Waals surface area contributed by atoms with Crippen molar-refractivity contribution in [1.29, 1.82) is 0 Å². The maximum absolute atomic E-state index is 12.5. The molecule has 1 saturated heterocycles. The Morgan fingerprint density at radius 1 is 1.15 bits per heavy atom. The number of nitrogens with zero attached hydrogens (tertiary/aromatic N) is 5. The lowest BCUT2D eigenvalue weighted by Crippen LogP contribution is -2.54. The second-order valence-electron chi connectivity index (χ2n) is 7.72. The molecule has 5 rings (SSSR count). The maximum Gasteiger partial charge on any atom is 0.291 e. The molecule has 7 heteroatoms. The number of aromatic nitrogens is 3. The molecule has 0 bridgehead atoms. The van der Waals surface area contributed by atoms with Crippen molar-refractivity contribution < 1.29 is 9.21 Å². The van der Waals surface area contributed by atoms with Crippen LogP contribution in [0.25, 0.3) is 0 Å². The van der Waals surface area contributed by atoms with Gasteiger partial charge in [0.15, 0.2) is 6.39 Å². The third-order valence-electron chi connectivity index (χ3n) is 5.54. The minimum atomic E-state index is -0.0889. The van der Waals surface area contributed by atoms with Crippen molar-refractivity contribution in [3.63, 3.8) is 0 Å². The summed E-state index contributed by atoms with van der Waals surface area (Å²) in [4.78, 5) is 30.2. The van der Waals surface area contributed by atoms with Crippen LogP contribution < -0.4 is 4.90 Å². The Kier molecular flexibility index (Phi) is 3.69. The molecule has 3 aliphatic rings. The van der Waals surface area contributed by atoms with E-state index in [2.05, 4.69) is 22.9 Å². The highest BCUT2D eigenvalue weighted by Gasteiger charge is 2.34. The van der Waals surface area contributed by atoms with Crippen LogP contribution in [0.5, 0.6) is 0 Å². The molecule has 26 heavy (non-hydrogen) atoms. The number of amides is 1. The molecule has 0 unspecified atom stereocenters. The molecular weight excluding hydrogens is 330 g/mol. The lowest BCUT2D eigenvalue weighted by atomic mass is 10.1. The van der Waals surface area contributed by atoms with Crippen LogP contribution in [0.1, 0.15) is 66.5 Å². The van der Waals surface area contributed by atoms with Gasteiger partial charge in [0.05, 0.1) is 6.20 Å². The third-order valence-corrected chi connectivity index (χ3v) is 5.54. The zero-order valence-corrected chi connectivity index (χ0v) is 15.0. The van der Waals surface area contributed by atoms with Gasteiger partial charge >= 0.3 is 0 Å². The standard InChI is InChI=1S/C19H23N5O2/c1-12-10-23(19(25)16-9-20-11-26-16)6-7-24(12)17-8-15(13-2-3-13)21-18(22-17)14-4-5-14/h8-9,11-14H,2-7,10H2,1H3/t12-/m1/s1. The normalized spacial score (nSPS) is 23.3. The van der Waals surface area contributed by atoms with Crippen LogP contribution in [0.3, 0.4) is 0 Å². The highest BCUT2D eigenvalue weighted by Crippen LogP contribution is 2.43. The second kappa shape index (κ2) is 6.07. The maximum atomic E-state index is 12.5. The van der Waals surface area contributed by atoms with Crippen molar-refractivity contribution in [2.45, 2.75) is 50.5 Å². The van der Waals surface area contributed by atoms with E-state index >= 15 is 0 Å². The summed E-state index contributed by atoms with van der Waals surface area (Å²) in [7, 11) is 0. The van der Waals surface area contributed by atoms with Gasteiger partial charge in [-0.15, -0.1) is 0 Å². The molecule has 7 nitrogen and oxygen atoms in total. The van der Waals surface area contributed by atoms with Gasteiger partial charge < -0.3 is 14.2 Å². The highest BCUT2D eigenvalue weighted by molar-refractivity contribution is 5.91. The van der Waals surface area contributed by atoms with Crippen LogP contribution in [-0.4, -0.2) is 51.4 Å². The van der Waals surface area contributed by atoms with Crippen LogP contribution in [0.2, 0.25) is 0 Å². The first-order valence-corrected chi connectivity index (χ1v) is 9.52. The molecule has 0 spiro atoms. The van der Waals surface area contributed by atoms with E-state index in [4.69, 9.17) is 14.4 Å². The minimum Gasteiger partial charge on any atom is -0.438 e. The highest BCUT2D eigenvalue weighted by atomic mass is 16.3. The number of hydrogen-bond donors (Lipinski definition) is 0. The summed E-state index contributed by atoms with van der Waals surface area (Å²) in [5.41, 5.74) is 1.21. The SMILES string of the molecule is C[C@@H]1CN(C(=O)c2cnco2)CCN1c1cc(C2CC2)nc(C2CC2)n1. The van der Waals surface area contributed by atoms with Gasteiger partial charge in [0.25, 0.3) is 5.91 Å². The van der Waals surface area contributed by atoms with Gasteiger partial charge in [-0.3, -0.25) is 4.79 Å². The van der Waals surface area contributed by atoms with Crippen LogP contribution in [0.15, 0.2) is 23.1 Å². The Balaban J connectivity index is 1.35. The van der Waals surface area contributed by atoms with Crippen molar-refractivity contribution in [3.8, 4) is 0 Å². The van der Waals surface area contributed by atoms with Gasteiger partial charge in [-0.2, -0.15) is 0 Å². The van der Waals surface area contributed by atoms with E-state index in [9.17, 15) is 4.79 Å². The van der Waals surface area contributed by atoms with E-state index in [1.807, 2.05) is 4.90 Å². The average molecular weight is 353 g/mol. The summed E-state index contributed by atoms with van der Waals surface area (Å²) in [5.74, 6) is 3.45. The van der Waals surface area contributed by atoms with Crippen LogP contribution in [0.4, 0.5) is 5.82 Å². The van der Waals surface area contributed by atoms with Crippen LogP contribution in [0, 0.1) is 0 Å². The molecule has 1 amide bonds. The van der Waals surface area contributed by atoms with Gasteiger partial charge in [-0.05, 0) is 32.6 Å². The Morgan fingerprint density at radius 2 is 1.96 bits per heavy atom. The quantitative estimate of drug-likeness (QED) is 0.841. The second-order valence-corrected chi connectivity index (χ2v) is 7.72. The van der Waals surface area contributed by atoms with Gasteiger partial charge in [0.2, 0.25) is 5.76 Å². The molecule has 1 atom stereocenters. The van der Waals surface area contributed by atoms with E-state index in [0.29, 0.717) is 30.7 Å². The minimum absolute atomic E-state index is 0.0889. The zero-order valence-electron chi connectivity index (χ0n) is 15.0. The first-order valence-electron chi connectivity index (χ1n) is 9.52. The Hall–Kier alpha value is -2.44. The summed E-state index contributed by atoms with van der Waals surface area (Å²) in [6.45, 7) is 4.23. The van der Waals surface area contributed by atoms with E-state index in [-0.39, 0.29) is 11.9 Å². The number of rotatable bonds is 4. The fourth-order valence-corrected chi connectivity index (χ4v) is 3.69. The van der Waals surface area contributed by atoms with E-state index in [1.54, 1.807) is 0 Å². The predicted molar refractivity (Wildman–Crippen MR) is 95.2 cm³/mol. The number of carbonyl (C=O) groups is 1. The molecule has 0 N–H and O–H groups in total. The molecule has 0 radical (unpaired) electrons. The molecule has 136 valence electrons. The number of hydrogen-bond acceptors (Lipinski definition) is 6. The Bertz CT molecular complexity index is 783. The molecule has 3 heterocycles. The van der Waals surface area contributed by atoms with Crippen molar-refractivity contribution in [1.82, 2.24) is 19.9 Å². The summed E-state index contributed by atoms with van der Waals surface area (Å²) in [6, 6.07) is 2.37. The molecule has 0 aromatic carbocycles. The number of anilines is 1. The van der Waals surface area contributed by atoms with Crippen LogP contribution >= 0.6 is 0 Å². The van der Waals surface area contributed by atoms with Gasteiger partial charge in [-0.25, -0.2) is 15.0 Å². The summed E-state index contributed by atoms with van der Waals surface area (Å²) < 4.78 is 5.16. The number of oxazole rings is 1. The van der Waals surface area contributed by atoms with Crippen molar-refractivity contribution in [3.05, 3.63) is 35.9 Å². The third kappa shape index (κ3) is 2.95. The van der Waals surface area contributed by atoms with Crippen molar-refractivity contribution >= 4 is 11.7 Å². The van der Waals surface area contributed by atoms with Crippen molar-refractivity contribution in [2.75, 3.05) is 24.5 Å². The van der Waals surface area contributed by atoms with Crippen LogP contribution in [-0.2, 0) is 0 Å². The number of carbonyl (C=O) groups excluding carboxylic acids is 1. The van der Waals surface area contributed by atoms with Gasteiger partial charge in [0.1, 0.15) is 11.6 Å². The largest absolute Gasteiger partial charge is 0.438 e. The monoisotopic (exact) mass is 353 g/mol. The molecule has 2 saturated carbocycles. The van der Waals surface area contributed by atoms with Gasteiger partial charge in [-0.1, -0.05) is 0 Å². The summed E-state index contributed by atoms with van der Waals surface area (Å²) in [5, 5.41) is 0. The predicted octanol–water partition coefficient (Wildman–Crippen LogP) is 2.57. The first kappa shape index (κ1) is 15.8. The first-order chi connectivity index (χ1) is 12.7. The fraction of sp³-hybridized carbons (Fsp3) is 0.579. The summed E-state index contributed by atoms with van der Waals surface area (Å²) >= 11 is 0. The molecule has 2 aliphatic carbocycles. The topological polar surface area (TPSA) is 75.4 Å². The average Bonchev–Trinajstić information content (AvgIpc) is 3.58. The fourth-order valence-electron chi connectivity index (χ4n) is 3.69. The Labute approximate surface area is 152 Å². The molecule has 1 aliphatic heterocycles. The molecule has 3 fully saturated rings. The molecular formula is C19H23N5O2. The molecule has 2 aromatic rings. The van der Waals surface area contributed by atoms with E-state index in [0.717, 1.165) is 18.2 Å². The Morgan fingerprint density at radius 3 is 2.62 bits per heavy atom. The van der Waals surface area contributed by atoms with Gasteiger partial charge in [0, 0.05) is 49.3 Å². The number of piperazine rings is 1. The lowest BCUT2D eigenvalue weighted by Gasteiger charge is -2.40. The van der Waals surface area contributed by atoms with E-state index < -0.39 is 0 Å². The van der Waals surface area contributed by atoms with E-state index in [1.165, 1.54) is 44.0 Å².